The van der Waals surface area contributed by atoms with E-state index in [1.54, 1.807) is 0 Å². The molecule has 3 aromatic carbocycles. The molecule has 0 N–H and O–H groups in total. The minimum atomic E-state index is -0.313. The molecule has 1 aromatic heterocycles. The lowest BCUT2D eigenvalue weighted by atomic mass is 10.2. The monoisotopic (exact) mass is 413 g/mol. The average molecular weight is 414 g/mol. The first-order chi connectivity index (χ1) is 15.0. The molecular formula is C26H27N3O2. The highest BCUT2D eigenvalue weighted by molar-refractivity contribution is 5.94. The third-order valence-electron chi connectivity index (χ3n) is 5.22. The van der Waals surface area contributed by atoms with Gasteiger partial charge in [-0.3, -0.25) is 4.79 Å². The van der Waals surface area contributed by atoms with Crippen molar-refractivity contribution in [2.75, 3.05) is 4.90 Å². The van der Waals surface area contributed by atoms with Gasteiger partial charge in [0.25, 0.3) is 0 Å². The maximum absolute atomic E-state index is 13.5. The van der Waals surface area contributed by atoms with Crippen LogP contribution in [0.2, 0.25) is 0 Å². The fraction of sp³-hybridized carbons (Fsp3) is 0.231. The zero-order valence-electron chi connectivity index (χ0n) is 18.1. The fourth-order valence-corrected chi connectivity index (χ4v) is 3.86. The molecule has 158 valence electrons. The van der Waals surface area contributed by atoms with E-state index < -0.39 is 0 Å². The van der Waals surface area contributed by atoms with Crippen molar-refractivity contribution in [2.24, 2.45) is 0 Å². The number of hydrogen-bond donors (Lipinski definition) is 0. The number of rotatable bonds is 7. The summed E-state index contributed by atoms with van der Waals surface area (Å²) in [5.74, 6) is 1.51. The van der Waals surface area contributed by atoms with E-state index in [9.17, 15) is 4.79 Å². The zero-order chi connectivity index (χ0) is 21.8. The third kappa shape index (κ3) is 4.45. The number of fused-ring (bicyclic) bond motifs is 1. The highest BCUT2D eigenvalue weighted by atomic mass is 16.5. The lowest BCUT2D eigenvalue weighted by Crippen LogP contribution is -2.39. The van der Waals surface area contributed by atoms with Gasteiger partial charge < -0.3 is 14.2 Å². The summed E-state index contributed by atoms with van der Waals surface area (Å²) in [5, 5.41) is 0. The van der Waals surface area contributed by atoms with E-state index >= 15 is 0 Å². The molecule has 0 aliphatic heterocycles. The van der Waals surface area contributed by atoms with Crippen LogP contribution in [0.15, 0.2) is 84.9 Å². The van der Waals surface area contributed by atoms with Gasteiger partial charge >= 0.3 is 0 Å². The van der Waals surface area contributed by atoms with Gasteiger partial charge in [-0.15, -0.1) is 0 Å². The van der Waals surface area contributed by atoms with Crippen molar-refractivity contribution in [2.45, 2.75) is 39.5 Å². The average Bonchev–Trinajstić information content (AvgIpc) is 3.14. The van der Waals surface area contributed by atoms with Crippen LogP contribution in [0.4, 0.5) is 5.69 Å². The number of ether oxygens (including phenoxy) is 1. The predicted molar refractivity (Wildman–Crippen MR) is 124 cm³/mol. The Morgan fingerprint density at radius 3 is 2.19 bits per heavy atom. The highest BCUT2D eigenvalue weighted by Crippen LogP contribution is 2.26. The summed E-state index contributed by atoms with van der Waals surface area (Å²) in [6, 6.07) is 27.4. The van der Waals surface area contributed by atoms with Crippen LogP contribution in [-0.2, 0) is 11.3 Å². The van der Waals surface area contributed by atoms with Gasteiger partial charge in [0.2, 0.25) is 5.91 Å². The van der Waals surface area contributed by atoms with E-state index in [2.05, 4.69) is 0 Å². The molecule has 5 nitrogen and oxygen atoms in total. The van der Waals surface area contributed by atoms with E-state index in [1.807, 2.05) is 115 Å². The molecule has 1 amide bonds. The molecule has 5 heteroatoms. The normalized spacial score (nSPS) is 12.1. The van der Waals surface area contributed by atoms with E-state index in [1.165, 1.54) is 0 Å². The standard InChI is InChI=1S/C26H27N3O2/c1-19(2)29(21-12-6-4-7-13-21)25(30)18-28-24-17-11-10-16-23(24)27-26(28)20(3)31-22-14-8-5-9-15-22/h4-17,19-20H,18H2,1-3H3. The Labute approximate surface area is 182 Å². The first-order valence-electron chi connectivity index (χ1n) is 10.6. The fourth-order valence-electron chi connectivity index (χ4n) is 3.86. The van der Waals surface area contributed by atoms with E-state index in [-0.39, 0.29) is 24.6 Å². The van der Waals surface area contributed by atoms with Crippen LogP contribution in [0.5, 0.6) is 5.75 Å². The zero-order valence-corrected chi connectivity index (χ0v) is 18.1. The molecule has 0 saturated carbocycles. The molecule has 1 atom stereocenters. The Hall–Kier alpha value is -3.60. The molecule has 1 unspecified atom stereocenters. The molecule has 0 spiro atoms. The van der Waals surface area contributed by atoms with Crippen LogP contribution in [0.1, 0.15) is 32.7 Å². The van der Waals surface area contributed by atoms with Crippen molar-refractivity contribution >= 4 is 22.6 Å². The van der Waals surface area contributed by atoms with Crippen LogP contribution in [-0.4, -0.2) is 21.5 Å². The van der Waals surface area contributed by atoms with Crippen LogP contribution in [0.3, 0.4) is 0 Å². The van der Waals surface area contributed by atoms with Crippen molar-refractivity contribution in [3.8, 4) is 5.75 Å². The SMILES string of the molecule is CC(Oc1ccccc1)c1nc2ccccc2n1CC(=O)N(c1ccccc1)C(C)C. The summed E-state index contributed by atoms with van der Waals surface area (Å²) in [6.07, 6.45) is -0.313. The van der Waals surface area contributed by atoms with E-state index in [0.717, 1.165) is 28.3 Å². The number of anilines is 1. The summed E-state index contributed by atoms with van der Waals surface area (Å²) in [7, 11) is 0. The first-order valence-corrected chi connectivity index (χ1v) is 10.6. The number of amides is 1. The Morgan fingerprint density at radius 1 is 0.903 bits per heavy atom. The second-order valence-electron chi connectivity index (χ2n) is 7.81. The van der Waals surface area contributed by atoms with Crippen LogP contribution in [0, 0.1) is 0 Å². The molecule has 0 saturated heterocycles. The number of imidazole rings is 1. The van der Waals surface area contributed by atoms with E-state index in [0.29, 0.717) is 0 Å². The van der Waals surface area contributed by atoms with Crippen LogP contribution in [0.25, 0.3) is 11.0 Å². The van der Waals surface area contributed by atoms with E-state index in [4.69, 9.17) is 9.72 Å². The topological polar surface area (TPSA) is 47.4 Å². The van der Waals surface area contributed by atoms with Gasteiger partial charge in [-0.1, -0.05) is 48.5 Å². The third-order valence-corrected chi connectivity index (χ3v) is 5.22. The Balaban J connectivity index is 1.69. The summed E-state index contributed by atoms with van der Waals surface area (Å²) < 4.78 is 8.11. The molecule has 0 fully saturated rings. The highest BCUT2D eigenvalue weighted by Gasteiger charge is 2.24. The smallest absolute Gasteiger partial charge is 0.247 e. The largest absolute Gasteiger partial charge is 0.483 e. The van der Waals surface area contributed by atoms with Crippen molar-refractivity contribution in [1.82, 2.24) is 9.55 Å². The Morgan fingerprint density at radius 2 is 1.52 bits per heavy atom. The van der Waals surface area contributed by atoms with Crippen LogP contribution >= 0.6 is 0 Å². The van der Waals surface area contributed by atoms with Gasteiger partial charge in [0.1, 0.15) is 12.3 Å². The first kappa shape index (κ1) is 20.7. The van der Waals surface area contributed by atoms with Crippen molar-refractivity contribution in [1.29, 1.82) is 0 Å². The lowest BCUT2D eigenvalue weighted by molar-refractivity contribution is -0.119. The molecule has 4 rings (SSSR count). The van der Waals surface area contributed by atoms with Gasteiger partial charge in [-0.25, -0.2) is 4.98 Å². The quantitative estimate of drug-likeness (QED) is 0.395. The maximum atomic E-state index is 13.5. The minimum Gasteiger partial charge on any atom is -0.483 e. The summed E-state index contributed by atoms with van der Waals surface area (Å²) in [4.78, 5) is 20.1. The number of nitrogens with zero attached hydrogens (tertiary/aromatic N) is 3. The summed E-state index contributed by atoms with van der Waals surface area (Å²) in [6.45, 7) is 6.20. The van der Waals surface area contributed by atoms with Crippen molar-refractivity contribution < 1.29 is 9.53 Å². The van der Waals surface area contributed by atoms with Crippen LogP contribution < -0.4 is 9.64 Å². The van der Waals surface area contributed by atoms with Gasteiger partial charge in [0.15, 0.2) is 11.9 Å². The molecule has 0 aliphatic carbocycles. The van der Waals surface area contributed by atoms with Crippen molar-refractivity contribution in [3.05, 3.63) is 90.8 Å². The second-order valence-corrected chi connectivity index (χ2v) is 7.81. The van der Waals surface area contributed by atoms with Gasteiger partial charge in [-0.05, 0) is 57.2 Å². The summed E-state index contributed by atoms with van der Waals surface area (Å²) in [5.41, 5.74) is 2.66. The number of carbonyl (C=O) groups excluding carboxylic acids is 1. The molecule has 31 heavy (non-hydrogen) atoms. The van der Waals surface area contributed by atoms with Gasteiger partial charge in [0, 0.05) is 11.7 Å². The summed E-state index contributed by atoms with van der Waals surface area (Å²) >= 11 is 0. The number of para-hydroxylation sites is 4. The lowest BCUT2D eigenvalue weighted by Gasteiger charge is -2.28. The van der Waals surface area contributed by atoms with Crippen molar-refractivity contribution in [3.63, 3.8) is 0 Å². The predicted octanol–water partition coefficient (Wildman–Crippen LogP) is 5.62. The molecule has 0 bridgehead atoms. The number of hydrogen-bond acceptors (Lipinski definition) is 3. The second kappa shape index (κ2) is 9.04. The Kier molecular flexibility index (Phi) is 6.03. The van der Waals surface area contributed by atoms with Gasteiger partial charge in [0.05, 0.1) is 11.0 Å². The maximum Gasteiger partial charge on any atom is 0.247 e. The Bertz CT molecular complexity index is 1150. The molecular weight excluding hydrogens is 386 g/mol. The minimum absolute atomic E-state index is 0.0116. The molecule has 1 heterocycles. The van der Waals surface area contributed by atoms with Gasteiger partial charge in [-0.2, -0.15) is 0 Å². The number of aromatic nitrogens is 2. The number of benzene rings is 3. The molecule has 4 aromatic rings. The molecule has 0 radical (unpaired) electrons. The number of carbonyl (C=O) groups is 1. The molecule has 0 aliphatic rings.